The van der Waals surface area contributed by atoms with Crippen molar-refractivity contribution in [1.29, 1.82) is 0 Å². The number of hydrogen-bond acceptors (Lipinski definition) is 4. The molecule has 0 saturated carbocycles. The van der Waals surface area contributed by atoms with Gasteiger partial charge in [0.25, 0.3) is 0 Å². The summed E-state index contributed by atoms with van der Waals surface area (Å²) in [7, 11) is 0. The summed E-state index contributed by atoms with van der Waals surface area (Å²) in [5.74, 6) is -0.251. The van der Waals surface area contributed by atoms with E-state index in [1.54, 1.807) is 0 Å². The van der Waals surface area contributed by atoms with Crippen LogP contribution in [0.5, 0.6) is 0 Å². The van der Waals surface area contributed by atoms with Gasteiger partial charge in [-0.05, 0) is 74.8 Å². The van der Waals surface area contributed by atoms with Crippen LogP contribution in [0.1, 0.15) is 22.5 Å². The Morgan fingerprint density at radius 1 is 1.10 bits per heavy atom. The molecule has 2 N–H and O–H groups in total. The van der Waals surface area contributed by atoms with Gasteiger partial charge < -0.3 is 5.73 Å². The molecule has 0 aliphatic rings. The van der Waals surface area contributed by atoms with E-state index in [0.717, 1.165) is 27.4 Å². The zero-order valence-corrected chi connectivity index (χ0v) is 12.7. The summed E-state index contributed by atoms with van der Waals surface area (Å²) in [6, 6.07) is 4.95. The quantitative estimate of drug-likeness (QED) is 0.879. The van der Waals surface area contributed by atoms with Gasteiger partial charge in [0, 0.05) is 16.3 Å². The summed E-state index contributed by atoms with van der Waals surface area (Å²) < 4.78 is 13.6. The van der Waals surface area contributed by atoms with Crippen LogP contribution in [0.4, 0.5) is 4.39 Å². The molecule has 106 valence electrons. The van der Waals surface area contributed by atoms with Crippen molar-refractivity contribution in [2.45, 2.75) is 37.2 Å². The lowest BCUT2D eigenvalue weighted by atomic mass is 10.1. The minimum absolute atomic E-state index is 0.251. The fourth-order valence-electron chi connectivity index (χ4n) is 1.88. The van der Waals surface area contributed by atoms with Crippen LogP contribution in [0.3, 0.4) is 0 Å². The number of nitrogens with zero attached hydrogens (tertiary/aromatic N) is 2. The predicted octanol–water partition coefficient (Wildman–Crippen LogP) is 3.19. The van der Waals surface area contributed by atoms with Crippen LogP contribution < -0.4 is 5.73 Å². The summed E-state index contributed by atoms with van der Waals surface area (Å²) in [6.45, 7) is 6.42. The average Bonchev–Trinajstić information content (AvgIpc) is 2.35. The van der Waals surface area contributed by atoms with E-state index < -0.39 is 0 Å². The van der Waals surface area contributed by atoms with Gasteiger partial charge in [-0.25, -0.2) is 14.4 Å². The van der Waals surface area contributed by atoms with E-state index in [2.05, 4.69) is 9.97 Å². The lowest BCUT2D eigenvalue weighted by molar-refractivity contribution is 0.621. The number of aryl methyl sites for hydroxylation is 2. The molecule has 0 amide bonds. The number of hydrogen-bond donors (Lipinski definition) is 1. The van der Waals surface area contributed by atoms with E-state index in [-0.39, 0.29) is 5.82 Å². The van der Waals surface area contributed by atoms with Crippen molar-refractivity contribution in [3.8, 4) is 0 Å². The Morgan fingerprint density at radius 3 is 2.35 bits per heavy atom. The number of aromatic nitrogens is 2. The van der Waals surface area contributed by atoms with Crippen molar-refractivity contribution in [2.75, 3.05) is 6.54 Å². The molecule has 1 heterocycles. The highest BCUT2D eigenvalue weighted by molar-refractivity contribution is 7.99. The van der Waals surface area contributed by atoms with Crippen molar-refractivity contribution < 1.29 is 4.39 Å². The molecule has 0 unspecified atom stereocenters. The van der Waals surface area contributed by atoms with Crippen molar-refractivity contribution in [2.24, 2.45) is 5.73 Å². The molecule has 0 radical (unpaired) electrons. The maximum absolute atomic E-state index is 13.6. The van der Waals surface area contributed by atoms with Crippen LogP contribution in [-0.2, 0) is 6.42 Å². The van der Waals surface area contributed by atoms with Crippen LogP contribution in [-0.4, -0.2) is 16.5 Å². The highest BCUT2D eigenvalue weighted by Gasteiger charge is 2.08. The minimum Gasteiger partial charge on any atom is -0.330 e. The van der Waals surface area contributed by atoms with Crippen LogP contribution in [0.25, 0.3) is 0 Å². The van der Waals surface area contributed by atoms with Gasteiger partial charge in [0.2, 0.25) is 0 Å². The van der Waals surface area contributed by atoms with Gasteiger partial charge in [0.05, 0.1) is 0 Å². The SMILES string of the molecule is Cc1nc(Sc2cc(F)cc(CCN)c2)nc(C)c1C. The predicted molar refractivity (Wildman–Crippen MR) is 79.5 cm³/mol. The van der Waals surface area contributed by atoms with E-state index in [0.29, 0.717) is 18.1 Å². The molecule has 0 saturated heterocycles. The summed E-state index contributed by atoms with van der Waals surface area (Å²) >= 11 is 1.38. The Morgan fingerprint density at radius 2 is 1.75 bits per heavy atom. The number of halogens is 1. The van der Waals surface area contributed by atoms with Gasteiger partial charge in [-0.3, -0.25) is 0 Å². The molecular formula is C15H18FN3S. The smallest absolute Gasteiger partial charge is 0.192 e. The topological polar surface area (TPSA) is 51.8 Å². The third kappa shape index (κ3) is 3.55. The maximum Gasteiger partial charge on any atom is 0.192 e. The van der Waals surface area contributed by atoms with Gasteiger partial charge >= 0.3 is 0 Å². The second-order valence-electron chi connectivity index (χ2n) is 4.74. The van der Waals surface area contributed by atoms with E-state index in [4.69, 9.17) is 5.73 Å². The highest BCUT2D eigenvalue weighted by Crippen LogP contribution is 2.27. The molecule has 0 spiro atoms. The zero-order valence-electron chi connectivity index (χ0n) is 11.9. The number of rotatable bonds is 4. The molecule has 0 aliphatic carbocycles. The summed E-state index contributed by atoms with van der Waals surface area (Å²) in [6.07, 6.45) is 0.665. The van der Waals surface area contributed by atoms with Crippen molar-refractivity contribution >= 4 is 11.8 Å². The van der Waals surface area contributed by atoms with E-state index in [9.17, 15) is 4.39 Å². The van der Waals surface area contributed by atoms with Crippen LogP contribution in [0.2, 0.25) is 0 Å². The summed E-state index contributed by atoms with van der Waals surface area (Å²) in [5.41, 5.74) is 9.42. The molecule has 0 aliphatic heterocycles. The second-order valence-corrected chi connectivity index (χ2v) is 5.78. The molecule has 0 fully saturated rings. The molecule has 20 heavy (non-hydrogen) atoms. The fourth-order valence-corrected chi connectivity index (χ4v) is 2.84. The molecule has 1 aromatic carbocycles. The van der Waals surface area contributed by atoms with E-state index >= 15 is 0 Å². The van der Waals surface area contributed by atoms with Crippen LogP contribution in [0.15, 0.2) is 28.3 Å². The zero-order chi connectivity index (χ0) is 14.7. The lowest BCUT2D eigenvalue weighted by Gasteiger charge is -2.08. The normalized spacial score (nSPS) is 10.8. The van der Waals surface area contributed by atoms with Crippen LogP contribution in [0, 0.1) is 26.6 Å². The number of benzene rings is 1. The first kappa shape index (κ1) is 14.9. The third-order valence-corrected chi connectivity index (χ3v) is 4.02. The van der Waals surface area contributed by atoms with E-state index in [1.807, 2.05) is 26.8 Å². The largest absolute Gasteiger partial charge is 0.330 e. The van der Waals surface area contributed by atoms with Crippen molar-refractivity contribution in [3.63, 3.8) is 0 Å². The van der Waals surface area contributed by atoms with E-state index in [1.165, 1.54) is 23.9 Å². The molecule has 2 aromatic rings. The third-order valence-electron chi connectivity index (χ3n) is 3.19. The first-order valence-corrected chi connectivity index (χ1v) is 7.30. The fraction of sp³-hybridized carbons (Fsp3) is 0.333. The molecule has 2 rings (SSSR count). The van der Waals surface area contributed by atoms with Gasteiger partial charge in [0.15, 0.2) is 5.16 Å². The Bertz CT molecular complexity index is 606. The van der Waals surface area contributed by atoms with Gasteiger partial charge in [0.1, 0.15) is 5.82 Å². The Balaban J connectivity index is 2.30. The number of nitrogens with two attached hydrogens (primary N) is 1. The molecule has 0 atom stereocenters. The average molecular weight is 291 g/mol. The maximum atomic E-state index is 13.6. The highest BCUT2D eigenvalue weighted by atomic mass is 32.2. The molecule has 1 aromatic heterocycles. The Kier molecular flexibility index (Phi) is 4.73. The van der Waals surface area contributed by atoms with Crippen molar-refractivity contribution in [3.05, 3.63) is 46.5 Å². The van der Waals surface area contributed by atoms with Crippen LogP contribution >= 0.6 is 11.8 Å². The minimum atomic E-state index is -0.251. The molecule has 3 nitrogen and oxygen atoms in total. The Hall–Kier alpha value is -1.46. The first-order chi connectivity index (χ1) is 9.49. The molecule has 0 bridgehead atoms. The Labute approximate surface area is 122 Å². The van der Waals surface area contributed by atoms with Crippen molar-refractivity contribution in [1.82, 2.24) is 9.97 Å². The lowest BCUT2D eigenvalue weighted by Crippen LogP contribution is -2.03. The monoisotopic (exact) mass is 291 g/mol. The summed E-state index contributed by atoms with van der Waals surface area (Å²) in [4.78, 5) is 9.68. The van der Waals surface area contributed by atoms with Gasteiger partial charge in [-0.1, -0.05) is 0 Å². The molecule has 5 heteroatoms. The van der Waals surface area contributed by atoms with Gasteiger partial charge in [-0.2, -0.15) is 0 Å². The second kappa shape index (κ2) is 6.33. The van der Waals surface area contributed by atoms with Gasteiger partial charge in [-0.15, -0.1) is 0 Å². The standard InChI is InChI=1S/C15H18FN3S/c1-9-10(2)18-15(19-11(9)3)20-14-7-12(4-5-17)6-13(16)8-14/h6-8H,4-5,17H2,1-3H3. The first-order valence-electron chi connectivity index (χ1n) is 6.49. The molecular weight excluding hydrogens is 273 g/mol. The summed E-state index contributed by atoms with van der Waals surface area (Å²) in [5, 5.41) is 0.648.